The molecule has 3 aromatic carbocycles. The Morgan fingerprint density at radius 2 is 1.73 bits per heavy atom. The number of carboxylic acids is 1. The number of hydrogen-bond acceptors (Lipinski definition) is 5. The van der Waals surface area contributed by atoms with Gasteiger partial charge in [-0.05, 0) is 29.3 Å². The van der Waals surface area contributed by atoms with Crippen molar-refractivity contribution in [3.05, 3.63) is 107 Å². The molecule has 1 heterocycles. The fourth-order valence-electron chi connectivity index (χ4n) is 3.51. The Balaban J connectivity index is 1.42. The molecule has 1 fully saturated rings. The number of carbonyl (C=O) groups is 3. The Bertz CT molecular complexity index is 1200. The van der Waals surface area contributed by atoms with E-state index in [-0.39, 0.29) is 16.8 Å². The van der Waals surface area contributed by atoms with Gasteiger partial charge in [0.2, 0.25) is 5.91 Å². The summed E-state index contributed by atoms with van der Waals surface area (Å²) in [6.07, 6.45) is 1.30. The summed E-state index contributed by atoms with van der Waals surface area (Å²) in [7, 11) is 0. The topological polar surface area (TPSA) is 99.1 Å². The van der Waals surface area contributed by atoms with Crippen molar-refractivity contribution < 1.29 is 19.5 Å². The minimum atomic E-state index is -1.07. The molecule has 33 heavy (non-hydrogen) atoms. The SMILES string of the molecule is O=C(N/N=C\c1ccccc1C(=O)O)c1ccc([C@@H]2SCC(=O)N2Cc2ccccc2)cc1. The molecule has 2 N–H and O–H groups in total. The molecule has 1 atom stereocenters. The van der Waals surface area contributed by atoms with Gasteiger partial charge in [0.15, 0.2) is 0 Å². The number of rotatable bonds is 7. The number of amides is 2. The molecule has 1 aliphatic rings. The molecule has 0 aliphatic carbocycles. The molecule has 0 aromatic heterocycles. The zero-order valence-electron chi connectivity index (χ0n) is 17.5. The Hall–Kier alpha value is -3.91. The van der Waals surface area contributed by atoms with Crippen molar-refractivity contribution in [1.29, 1.82) is 0 Å². The first-order chi connectivity index (χ1) is 16.0. The van der Waals surface area contributed by atoms with E-state index < -0.39 is 11.9 Å². The molecule has 1 saturated heterocycles. The van der Waals surface area contributed by atoms with E-state index in [1.54, 1.807) is 42.1 Å². The number of nitrogens with zero attached hydrogens (tertiary/aromatic N) is 2. The van der Waals surface area contributed by atoms with E-state index >= 15 is 0 Å². The van der Waals surface area contributed by atoms with Crippen molar-refractivity contribution in [3.63, 3.8) is 0 Å². The van der Waals surface area contributed by atoms with Crippen LogP contribution < -0.4 is 5.43 Å². The number of hydrogen-bond donors (Lipinski definition) is 2. The van der Waals surface area contributed by atoms with Crippen LogP contribution in [0.5, 0.6) is 0 Å². The number of aromatic carboxylic acids is 1. The third-order valence-electron chi connectivity index (χ3n) is 5.18. The minimum Gasteiger partial charge on any atom is -0.478 e. The van der Waals surface area contributed by atoms with Crippen LogP contribution in [0.1, 0.15) is 42.8 Å². The molecular formula is C25H21N3O4S. The summed E-state index contributed by atoms with van der Waals surface area (Å²) in [6, 6.07) is 23.3. The maximum atomic E-state index is 12.4. The zero-order chi connectivity index (χ0) is 23.2. The first-order valence-corrected chi connectivity index (χ1v) is 11.3. The first-order valence-electron chi connectivity index (χ1n) is 10.2. The third-order valence-corrected chi connectivity index (χ3v) is 6.44. The van der Waals surface area contributed by atoms with E-state index in [0.717, 1.165) is 11.1 Å². The van der Waals surface area contributed by atoms with Crippen molar-refractivity contribution in [1.82, 2.24) is 10.3 Å². The average molecular weight is 460 g/mol. The Morgan fingerprint density at radius 3 is 2.45 bits per heavy atom. The Morgan fingerprint density at radius 1 is 1.03 bits per heavy atom. The summed E-state index contributed by atoms with van der Waals surface area (Å²) >= 11 is 1.56. The molecule has 0 saturated carbocycles. The van der Waals surface area contributed by atoms with Crippen LogP contribution in [0.2, 0.25) is 0 Å². The molecule has 2 amide bonds. The first kappa shape index (κ1) is 22.3. The standard InChI is InChI=1S/C25H21N3O4S/c29-22-16-33-24(28(22)15-17-6-2-1-3-7-17)19-12-10-18(11-13-19)23(30)27-26-14-20-8-4-5-9-21(20)25(31)32/h1-14,24H,15-16H2,(H,27,30)(H,31,32)/b26-14-/t24-/m0/s1. The van der Waals surface area contributed by atoms with Crippen molar-refractivity contribution in [2.24, 2.45) is 5.10 Å². The third kappa shape index (κ3) is 5.30. The average Bonchev–Trinajstić information content (AvgIpc) is 3.20. The van der Waals surface area contributed by atoms with Gasteiger partial charge in [-0.2, -0.15) is 5.10 Å². The lowest BCUT2D eigenvalue weighted by Crippen LogP contribution is -2.27. The van der Waals surface area contributed by atoms with E-state index in [0.29, 0.717) is 23.4 Å². The van der Waals surface area contributed by atoms with Gasteiger partial charge in [-0.15, -0.1) is 11.8 Å². The van der Waals surface area contributed by atoms with Gasteiger partial charge >= 0.3 is 5.97 Å². The Labute approximate surface area is 195 Å². The van der Waals surface area contributed by atoms with Gasteiger partial charge in [0, 0.05) is 17.7 Å². The zero-order valence-corrected chi connectivity index (χ0v) is 18.4. The molecule has 166 valence electrons. The molecule has 3 aromatic rings. The van der Waals surface area contributed by atoms with Gasteiger partial charge in [0.25, 0.3) is 5.91 Å². The normalized spacial score (nSPS) is 15.7. The van der Waals surface area contributed by atoms with Gasteiger partial charge in [-0.25, -0.2) is 10.2 Å². The summed E-state index contributed by atoms with van der Waals surface area (Å²) in [4.78, 5) is 38.0. The van der Waals surface area contributed by atoms with Crippen LogP contribution in [-0.4, -0.2) is 39.8 Å². The second-order valence-electron chi connectivity index (χ2n) is 7.38. The Kier molecular flexibility index (Phi) is 6.85. The second-order valence-corrected chi connectivity index (χ2v) is 8.45. The molecule has 0 bridgehead atoms. The number of carboxylic acid groups (broad SMARTS) is 1. The number of benzene rings is 3. The highest BCUT2D eigenvalue weighted by atomic mass is 32.2. The largest absolute Gasteiger partial charge is 0.478 e. The summed E-state index contributed by atoms with van der Waals surface area (Å²) in [5, 5.41) is 13.0. The highest BCUT2D eigenvalue weighted by molar-refractivity contribution is 8.00. The number of carbonyl (C=O) groups excluding carboxylic acids is 2. The fraction of sp³-hybridized carbons (Fsp3) is 0.120. The van der Waals surface area contributed by atoms with Crippen LogP contribution in [0.4, 0.5) is 0 Å². The van der Waals surface area contributed by atoms with Crippen LogP contribution in [0, 0.1) is 0 Å². The van der Waals surface area contributed by atoms with E-state index in [1.165, 1.54) is 12.3 Å². The summed E-state index contributed by atoms with van der Waals surface area (Å²) in [5.74, 6) is -0.969. The van der Waals surface area contributed by atoms with E-state index in [2.05, 4.69) is 10.5 Å². The van der Waals surface area contributed by atoms with Crippen molar-refractivity contribution in [2.45, 2.75) is 11.9 Å². The van der Waals surface area contributed by atoms with Crippen LogP contribution in [0.3, 0.4) is 0 Å². The molecular weight excluding hydrogens is 438 g/mol. The molecule has 0 spiro atoms. The van der Waals surface area contributed by atoms with Crippen molar-refractivity contribution in [2.75, 3.05) is 5.75 Å². The van der Waals surface area contributed by atoms with Gasteiger partial charge < -0.3 is 10.0 Å². The van der Waals surface area contributed by atoms with Crippen LogP contribution >= 0.6 is 11.8 Å². The monoisotopic (exact) mass is 459 g/mol. The van der Waals surface area contributed by atoms with Crippen molar-refractivity contribution >= 4 is 35.8 Å². The van der Waals surface area contributed by atoms with Gasteiger partial charge in [-0.1, -0.05) is 60.7 Å². The predicted octanol–water partition coefficient (Wildman–Crippen LogP) is 3.92. The lowest BCUT2D eigenvalue weighted by Gasteiger charge is -2.24. The lowest BCUT2D eigenvalue weighted by molar-refractivity contribution is -0.128. The van der Waals surface area contributed by atoms with Crippen LogP contribution in [0.15, 0.2) is 84.0 Å². The lowest BCUT2D eigenvalue weighted by atomic mass is 10.1. The second kappa shape index (κ2) is 10.1. The van der Waals surface area contributed by atoms with Gasteiger partial charge in [-0.3, -0.25) is 9.59 Å². The quantitative estimate of drug-likeness (QED) is 0.412. The van der Waals surface area contributed by atoms with Crippen molar-refractivity contribution in [3.8, 4) is 0 Å². The summed E-state index contributed by atoms with van der Waals surface area (Å²) in [5.41, 5.74) is 5.33. The number of hydrazone groups is 1. The predicted molar refractivity (Wildman–Crippen MR) is 127 cm³/mol. The van der Waals surface area contributed by atoms with Crippen LogP contribution in [0.25, 0.3) is 0 Å². The molecule has 8 heteroatoms. The molecule has 4 rings (SSSR count). The van der Waals surface area contributed by atoms with Gasteiger partial charge in [0.05, 0.1) is 17.5 Å². The summed E-state index contributed by atoms with van der Waals surface area (Å²) < 4.78 is 0. The molecule has 0 radical (unpaired) electrons. The smallest absolute Gasteiger partial charge is 0.336 e. The molecule has 0 unspecified atom stereocenters. The van der Waals surface area contributed by atoms with E-state index in [1.807, 2.05) is 47.4 Å². The maximum absolute atomic E-state index is 12.4. The number of nitrogens with one attached hydrogen (secondary N) is 1. The molecule has 1 aliphatic heterocycles. The molecule has 7 nitrogen and oxygen atoms in total. The highest BCUT2D eigenvalue weighted by Crippen LogP contribution is 2.39. The van der Waals surface area contributed by atoms with Gasteiger partial charge in [0.1, 0.15) is 5.37 Å². The highest BCUT2D eigenvalue weighted by Gasteiger charge is 2.32. The van der Waals surface area contributed by atoms with E-state index in [4.69, 9.17) is 0 Å². The van der Waals surface area contributed by atoms with E-state index in [9.17, 15) is 19.5 Å². The summed E-state index contributed by atoms with van der Waals surface area (Å²) in [6.45, 7) is 0.534. The number of thioether (sulfide) groups is 1. The minimum absolute atomic E-state index is 0.0895. The maximum Gasteiger partial charge on any atom is 0.336 e. The fourth-order valence-corrected chi connectivity index (χ4v) is 4.70. The van der Waals surface area contributed by atoms with Crippen LogP contribution in [-0.2, 0) is 11.3 Å².